The quantitative estimate of drug-likeness (QED) is 0.743. The van der Waals surface area contributed by atoms with Crippen molar-refractivity contribution in [1.82, 2.24) is 9.78 Å². The van der Waals surface area contributed by atoms with Crippen LogP contribution in [0.3, 0.4) is 0 Å². The average molecular weight is 324 g/mol. The zero-order valence-electron chi connectivity index (χ0n) is 14.5. The third-order valence-corrected chi connectivity index (χ3v) is 3.78. The number of ether oxygens (including phenoxy) is 2. The van der Waals surface area contributed by atoms with Crippen molar-refractivity contribution in [3.63, 3.8) is 0 Å². The van der Waals surface area contributed by atoms with Gasteiger partial charge in [0.15, 0.2) is 0 Å². The van der Waals surface area contributed by atoms with Crippen LogP contribution in [-0.2, 0) is 19.1 Å². The lowest BCUT2D eigenvalue weighted by molar-refractivity contribution is -0.165. The molecule has 0 saturated carbocycles. The third-order valence-electron chi connectivity index (χ3n) is 3.78. The van der Waals surface area contributed by atoms with Crippen LogP contribution in [0.25, 0.3) is 0 Å². The van der Waals surface area contributed by atoms with Crippen molar-refractivity contribution in [3.05, 3.63) is 17.5 Å². The molecule has 0 fully saturated rings. The number of nitrogens with zero attached hydrogens (tertiary/aromatic N) is 2. The fourth-order valence-electron chi connectivity index (χ4n) is 2.42. The summed E-state index contributed by atoms with van der Waals surface area (Å²) < 4.78 is 11.0. The first-order valence-corrected chi connectivity index (χ1v) is 7.46. The topological polar surface area (TPSA) is 87.5 Å². The fourth-order valence-corrected chi connectivity index (χ4v) is 2.42. The van der Waals surface area contributed by atoms with Crippen LogP contribution in [0.2, 0.25) is 0 Å². The van der Waals surface area contributed by atoms with Gasteiger partial charge in [-0.1, -0.05) is 0 Å². The standard InChI is InChI=1S/C16H24N2O5/c1-7-23-14(20)12(16(4,5)15(21)22-6)9-13(19)18-11(3)8-10(2)17-18/h8,12H,7,9H2,1-6H3/t12-/m0/s1. The van der Waals surface area contributed by atoms with E-state index in [1.54, 1.807) is 40.7 Å². The molecule has 1 atom stereocenters. The van der Waals surface area contributed by atoms with Gasteiger partial charge < -0.3 is 9.47 Å². The Morgan fingerprint density at radius 1 is 1.30 bits per heavy atom. The van der Waals surface area contributed by atoms with Gasteiger partial charge in [0.1, 0.15) is 0 Å². The second kappa shape index (κ2) is 7.39. The van der Waals surface area contributed by atoms with Crippen LogP contribution in [0.4, 0.5) is 0 Å². The van der Waals surface area contributed by atoms with Crippen molar-refractivity contribution in [2.24, 2.45) is 11.3 Å². The number of hydrogen-bond donors (Lipinski definition) is 0. The molecule has 23 heavy (non-hydrogen) atoms. The SMILES string of the molecule is CCOC(=O)[C@H](CC(=O)n1nc(C)cc1C)C(C)(C)C(=O)OC. The molecular formula is C16H24N2O5. The van der Waals surface area contributed by atoms with Gasteiger partial charge in [0, 0.05) is 12.1 Å². The number of esters is 2. The first-order valence-electron chi connectivity index (χ1n) is 7.46. The number of carbonyl (C=O) groups excluding carboxylic acids is 3. The van der Waals surface area contributed by atoms with Crippen LogP contribution in [0.1, 0.15) is 43.4 Å². The summed E-state index contributed by atoms with van der Waals surface area (Å²) in [5.74, 6) is -2.49. The zero-order chi connectivity index (χ0) is 17.8. The zero-order valence-corrected chi connectivity index (χ0v) is 14.5. The molecule has 0 aliphatic rings. The van der Waals surface area contributed by atoms with E-state index in [9.17, 15) is 14.4 Å². The molecule has 1 heterocycles. The highest BCUT2D eigenvalue weighted by Crippen LogP contribution is 2.32. The summed E-state index contributed by atoms with van der Waals surface area (Å²) in [7, 11) is 1.25. The highest BCUT2D eigenvalue weighted by atomic mass is 16.5. The fraction of sp³-hybridized carbons (Fsp3) is 0.625. The molecule has 128 valence electrons. The van der Waals surface area contributed by atoms with Crippen molar-refractivity contribution in [3.8, 4) is 0 Å². The van der Waals surface area contributed by atoms with Crippen molar-refractivity contribution in [2.45, 2.75) is 41.0 Å². The van der Waals surface area contributed by atoms with Crippen molar-refractivity contribution in [2.75, 3.05) is 13.7 Å². The molecule has 0 spiro atoms. The van der Waals surface area contributed by atoms with Crippen molar-refractivity contribution in [1.29, 1.82) is 0 Å². The molecule has 1 aromatic heterocycles. The summed E-state index contributed by atoms with van der Waals surface area (Å²) in [6.07, 6.45) is -0.192. The van der Waals surface area contributed by atoms with E-state index in [1.165, 1.54) is 11.8 Å². The summed E-state index contributed by atoms with van der Waals surface area (Å²) in [6.45, 7) is 8.49. The third kappa shape index (κ3) is 4.18. The van der Waals surface area contributed by atoms with E-state index >= 15 is 0 Å². The van der Waals surface area contributed by atoms with Gasteiger partial charge in [0.25, 0.3) is 0 Å². The molecule has 0 aliphatic carbocycles. The van der Waals surface area contributed by atoms with E-state index < -0.39 is 23.3 Å². The highest BCUT2D eigenvalue weighted by molar-refractivity contribution is 5.89. The molecule has 0 unspecified atom stereocenters. The van der Waals surface area contributed by atoms with Crippen molar-refractivity contribution >= 4 is 17.8 Å². The Morgan fingerprint density at radius 2 is 1.91 bits per heavy atom. The summed E-state index contributed by atoms with van der Waals surface area (Å²) >= 11 is 0. The second-order valence-corrected chi connectivity index (χ2v) is 5.95. The Balaban J connectivity index is 3.11. The largest absolute Gasteiger partial charge is 0.469 e. The van der Waals surface area contributed by atoms with Crippen molar-refractivity contribution < 1.29 is 23.9 Å². The van der Waals surface area contributed by atoms with E-state index in [0.29, 0.717) is 11.4 Å². The Labute approximate surface area is 135 Å². The van der Waals surface area contributed by atoms with Gasteiger partial charge in [-0.2, -0.15) is 5.10 Å². The van der Waals surface area contributed by atoms with E-state index in [1.807, 2.05) is 0 Å². The Morgan fingerprint density at radius 3 is 2.35 bits per heavy atom. The summed E-state index contributed by atoms with van der Waals surface area (Å²) in [5.41, 5.74) is 0.189. The second-order valence-electron chi connectivity index (χ2n) is 5.95. The van der Waals surface area contributed by atoms with Gasteiger partial charge in [0.2, 0.25) is 5.91 Å². The van der Waals surface area contributed by atoms with Gasteiger partial charge in [-0.3, -0.25) is 14.4 Å². The maximum atomic E-state index is 12.5. The van der Waals surface area contributed by atoms with E-state index in [-0.39, 0.29) is 18.9 Å². The normalized spacial score (nSPS) is 12.6. The first kappa shape index (κ1) is 18.9. The van der Waals surface area contributed by atoms with Crippen LogP contribution in [0.15, 0.2) is 6.07 Å². The van der Waals surface area contributed by atoms with Crippen LogP contribution < -0.4 is 0 Å². The lowest BCUT2D eigenvalue weighted by atomic mass is 9.76. The molecule has 7 heteroatoms. The number of carbonyl (C=O) groups is 3. The predicted octanol–water partition coefficient (Wildman–Crippen LogP) is 1.91. The monoisotopic (exact) mass is 324 g/mol. The maximum Gasteiger partial charge on any atom is 0.312 e. The van der Waals surface area contributed by atoms with Crippen LogP contribution in [-0.4, -0.2) is 41.3 Å². The van der Waals surface area contributed by atoms with E-state index in [0.717, 1.165) is 0 Å². The molecular weight excluding hydrogens is 300 g/mol. The highest BCUT2D eigenvalue weighted by Gasteiger charge is 2.44. The molecule has 1 aromatic rings. The molecule has 0 amide bonds. The van der Waals surface area contributed by atoms with E-state index in [2.05, 4.69) is 5.10 Å². The smallest absolute Gasteiger partial charge is 0.312 e. The summed E-state index contributed by atoms with van der Waals surface area (Å²) in [5, 5.41) is 4.11. The van der Waals surface area contributed by atoms with Gasteiger partial charge in [-0.25, -0.2) is 4.68 Å². The lowest BCUT2D eigenvalue weighted by Gasteiger charge is -2.29. The number of aromatic nitrogens is 2. The molecule has 1 rings (SSSR count). The van der Waals surface area contributed by atoms with Crippen LogP contribution in [0.5, 0.6) is 0 Å². The van der Waals surface area contributed by atoms with Gasteiger partial charge in [-0.15, -0.1) is 0 Å². The molecule has 0 saturated heterocycles. The van der Waals surface area contributed by atoms with Crippen LogP contribution in [0, 0.1) is 25.2 Å². The Kier molecular flexibility index (Phi) is 6.06. The molecule has 7 nitrogen and oxygen atoms in total. The van der Waals surface area contributed by atoms with Gasteiger partial charge >= 0.3 is 11.9 Å². The Hall–Kier alpha value is -2.18. The molecule has 0 aliphatic heterocycles. The van der Waals surface area contributed by atoms with Crippen LogP contribution >= 0.6 is 0 Å². The predicted molar refractivity (Wildman–Crippen MR) is 82.9 cm³/mol. The number of aryl methyl sites for hydroxylation is 2. The molecule has 0 aromatic carbocycles. The first-order chi connectivity index (χ1) is 10.6. The average Bonchev–Trinajstić information content (AvgIpc) is 2.82. The lowest BCUT2D eigenvalue weighted by Crippen LogP contribution is -2.41. The number of rotatable bonds is 6. The van der Waals surface area contributed by atoms with Gasteiger partial charge in [0.05, 0.1) is 30.7 Å². The Bertz CT molecular complexity index is 604. The molecule has 0 bridgehead atoms. The minimum Gasteiger partial charge on any atom is -0.469 e. The van der Waals surface area contributed by atoms with E-state index in [4.69, 9.17) is 9.47 Å². The number of hydrogen-bond acceptors (Lipinski definition) is 6. The minimum absolute atomic E-state index is 0.167. The molecule has 0 radical (unpaired) electrons. The number of methoxy groups -OCH3 is 1. The summed E-state index contributed by atoms with van der Waals surface area (Å²) in [6, 6.07) is 1.77. The molecule has 0 N–H and O–H groups in total. The summed E-state index contributed by atoms with van der Waals surface area (Å²) in [4.78, 5) is 36.8. The minimum atomic E-state index is -1.19. The van der Waals surface area contributed by atoms with Gasteiger partial charge in [-0.05, 0) is 40.7 Å². The maximum absolute atomic E-state index is 12.5.